The summed E-state index contributed by atoms with van der Waals surface area (Å²) in [6, 6.07) is 12.9. The first-order chi connectivity index (χ1) is 14.2. The molecule has 0 unspecified atom stereocenters. The molecule has 0 saturated heterocycles. The fourth-order valence-corrected chi connectivity index (χ4v) is 2.92. The second kappa shape index (κ2) is 9.73. The maximum atomic E-state index is 12.7. The lowest BCUT2D eigenvalue weighted by atomic mass is 10.2. The molecule has 2 aromatic carbocycles. The molecule has 1 heterocycles. The summed E-state index contributed by atoms with van der Waals surface area (Å²) in [5.74, 6) is 1.80. The van der Waals surface area contributed by atoms with E-state index in [1.807, 2.05) is 50.2 Å². The van der Waals surface area contributed by atoms with Crippen LogP contribution in [0.15, 0.2) is 52.4 Å². The lowest BCUT2D eigenvalue weighted by Gasteiger charge is -2.12. The van der Waals surface area contributed by atoms with Crippen LogP contribution < -0.4 is 20.5 Å². The third kappa shape index (κ3) is 4.74. The van der Waals surface area contributed by atoms with Crippen LogP contribution in [0.5, 0.6) is 11.5 Å². The van der Waals surface area contributed by atoms with Crippen LogP contribution in [0, 0.1) is 0 Å². The summed E-state index contributed by atoms with van der Waals surface area (Å²) in [5.41, 5.74) is 4.28. The monoisotopic (exact) mass is 394 g/mol. The first kappa shape index (κ1) is 20.4. The molecule has 0 fully saturated rings. The Kier molecular flexibility index (Phi) is 6.84. The van der Waals surface area contributed by atoms with E-state index in [1.54, 1.807) is 16.8 Å². The van der Waals surface area contributed by atoms with Gasteiger partial charge in [0.05, 0.1) is 30.3 Å². The Morgan fingerprint density at radius 3 is 2.69 bits per heavy atom. The largest absolute Gasteiger partial charge is 0.490 e. The van der Waals surface area contributed by atoms with Crippen LogP contribution in [0.25, 0.3) is 10.9 Å². The Morgan fingerprint density at radius 1 is 1.10 bits per heavy atom. The number of nitrogens with zero attached hydrogens (tertiary/aromatic N) is 3. The molecule has 0 amide bonds. The fourth-order valence-electron chi connectivity index (χ4n) is 2.92. The first-order valence-corrected chi connectivity index (χ1v) is 9.86. The summed E-state index contributed by atoms with van der Waals surface area (Å²) < 4.78 is 13.0. The summed E-state index contributed by atoms with van der Waals surface area (Å²) in [4.78, 5) is 17.2. The van der Waals surface area contributed by atoms with E-state index in [1.165, 1.54) is 0 Å². The Balaban J connectivity index is 1.84. The van der Waals surface area contributed by atoms with E-state index in [0.717, 1.165) is 17.7 Å². The molecule has 0 bridgehead atoms. The Bertz CT molecular complexity index is 1060. The smallest absolute Gasteiger partial charge is 0.262 e. The van der Waals surface area contributed by atoms with Crippen molar-refractivity contribution in [3.8, 4) is 11.5 Å². The Hall–Kier alpha value is -3.35. The number of rotatable bonds is 9. The van der Waals surface area contributed by atoms with Gasteiger partial charge < -0.3 is 9.47 Å². The molecule has 7 nitrogen and oxygen atoms in total. The molecule has 0 aliphatic heterocycles. The van der Waals surface area contributed by atoms with Crippen molar-refractivity contribution in [1.82, 2.24) is 9.55 Å². The van der Waals surface area contributed by atoms with E-state index < -0.39 is 0 Å². The number of hydrazone groups is 1. The highest BCUT2D eigenvalue weighted by molar-refractivity contribution is 5.82. The zero-order valence-corrected chi connectivity index (χ0v) is 17.0. The number of benzene rings is 2. The maximum absolute atomic E-state index is 12.7. The molecule has 0 aliphatic rings. The summed E-state index contributed by atoms with van der Waals surface area (Å²) in [5, 5.41) is 4.86. The number of ether oxygens (including phenoxy) is 2. The minimum atomic E-state index is -0.0909. The van der Waals surface area contributed by atoms with Gasteiger partial charge in [0.2, 0.25) is 5.95 Å². The number of hydrogen-bond donors (Lipinski definition) is 1. The summed E-state index contributed by atoms with van der Waals surface area (Å²) in [6.45, 7) is 7.57. The van der Waals surface area contributed by atoms with Gasteiger partial charge in [-0.05, 0) is 56.2 Å². The van der Waals surface area contributed by atoms with E-state index in [9.17, 15) is 4.79 Å². The van der Waals surface area contributed by atoms with Crippen molar-refractivity contribution in [3.05, 3.63) is 58.4 Å². The van der Waals surface area contributed by atoms with Gasteiger partial charge in [-0.2, -0.15) is 5.10 Å². The second-order valence-electron chi connectivity index (χ2n) is 6.36. The highest BCUT2D eigenvalue weighted by atomic mass is 16.5. The molecule has 1 N–H and O–H groups in total. The van der Waals surface area contributed by atoms with Gasteiger partial charge in [-0.3, -0.25) is 9.36 Å². The predicted molar refractivity (Wildman–Crippen MR) is 116 cm³/mol. The maximum Gasteiger partial charge on any atom is 0.262 e. The molecule has 3 rings (SSSR count). The minimum Gasteiger partial charge on any atom is -0.490 e. The molecule has 0 aliphatic carbocycles. The number of anilines is 1. The summed E-state index contributed by atoms with van der Waals surface area (Å²) in [7, 11) is 0. The van der Waals surface area contributed by atoms with Crippen molar-refractivity contribution in [2.75, 3.05) is 18.6 Å². The average Bonchev–Trinajstić information content (AvgIpc) is 2.74. The summed E-state index contributed by atoms with van der Waals surface area (Å²) >= 11 is 0. The molecular weight excluding hydrogens is 368 g/mol. The number of hydrogen-bond acceptors (Lipinski definition) is 6. The SMILES string of the molecule is CCCOc1ccc(/C=N\Nc2nc3ccccc3c(=O)n2CC)cc1OCC. The molecule has 3 aromatic rings. The van der Waals surface area contributed by atoms with E-state index in [4.69, 9.17) is 9.47 Å². The first-order valence-electron chi connectivity index (χ1n) is 9.86. The topological polar surface area (TPSA) is 77.7 Å². The van der Waals surface area contributed by atoms with Crippen LogP contribution in [0.3, 0.4) is 0 Å². The van der Waals surface area contributed by atoms with Gasteiger partial charge in [-0.1, -0.05) is 19.1 Å². The predicted octanol–water partition coefficient (Wildman–Crippen LogP) is 4.05. The molecule has 7 heteroatoms. The van der Waals surface area contributed by atoms with Crippen LogP contribution in [0.2, 0.25) is 0 Å². The standard InChI is InChI=1S/C22H26N4O3/c1-4-13-29-19-12-11-16(14-20(19)28-6-3)15-23-25-22-24-18-10-8-7-9-17(18)21(27)26(22)5-2/h7-12,14-15H,4-6,13H2,1-3H3,(H,24,25)/b23-15-. The third-order valence-electron chi connectivity index (χ3n) is 4.29. The van der Waals surface area contributed by atoms with E-state index in [0.29, 0.717) is 42.4 Å². The quantitative estimate of drug-likeness (QED) is 0.438. The van der Waals surface area contributed by atoms with Crippen molar-refractivity contribution in [2.24, 2.45) is 5.10 Å². The second-order valence-corrected chi connectivity index (χ2v) is 6.36. The van der Waals surface area contributed by atoms with Crippen molar-refractivity contribution >= 4 is 23.1 Å². The van der Waals surface area contributed by atoms with Gasteiger partial charge in [-0.25, -0.2) is 10.4 Å². The zero-order valence-electron chi connectivity index (χ0n) is 17.0. The molecule has 0 radical (unpaired) electrons. The molecule has 1 aromatic heterocycles. The summed E-state index contributed by atoms with van der Waals surface area (Å²) in [6.07, 6.45) is 2.59. The lowest BCUT2D eigenvalue weighted by Crippen LogP contribution is -2.23. The molecule has 29 heavy (non-hydrogen) atoms. The van der Waals surface area contributed by atoms with Crippen LogP contribution in [-0.4, -0.2) is 29.0 Å². The normalized spacial score (nSPS) is 11.1. The van der Waals surface area contributed by atoms with E-state index in [2.05, 4.69) is 22.4 Å². The fraction of sp³-hybridized carbons (Fsp3) is 0.318. The van der Waals surface area contributed by atoms with Crippen LogP contribution in [0.4, 0.5) is 5.95 Å². The van der Waals surface area contributed by atoms with Crippen LogP contribution >= 0.6 is 0 Å². The van der Waals surface area contributed by atoms with Crippen molar-refractivity contribution < 1.29 is 9.47 Å². The van der Waals surface area contributed by atoms with E-state index in [-0.39, 0.29) is 5.56 Å². The van der Waals surface area contributed by atoms with Crippen molar-refractivity contribution in [2.45, 2.75) is 33.7 Å². The molecular formula is C22H26N4O3. The molecule has 0 atom stereocenters. The van der Waals surface area contributed by atoms with Crippen molar-refractivity contribution in [1.29, 1.82) is 0 Å². The van der Waals surface area contributed by atoms with Gasteiger partial charge >= 0.3 is 0 Å². The molecule has 152 valence electrons. The number of para-hydroxylation sites is 1. The Labute approximate surface area is 170 Å². The van der Waals surface area contributed by atoms with Gasteiger partial charge in [0.15, 0.2) is 11.5 Å². The van der Waals surface area contributed by atoms with Crippen molar-refractivity contribution in [3.63, 3.8) is 0 Å². The highest BCUT2D eigenvalue weighted by Crippen LogP contribution is 2.28. The van der Waals surface area contributed by atoms with Gasteiger partial charge in [0.25, 0.3) is 5.56 Å². The third-order valence-corrected chi connectivity index (χ3v) is 4.29. The molecule has 0 saturated carbocycles. The number of nitrogens with one attached hydrogen (secondary N) is 1. The highest BCUT2D eigenvalue weighted by Gasteiger charge is 2.09. The molecule has 0 spiro atoms. The zero-order chi connectivity index (χ0) is 20.6. The van der Waals surface area contributed by atoms with Gasteiger partial charge in [-0.15, -0.1) is 0 Å². The minimum absolute atomic E-state index is 0.0909. The lowest BCUT2D eigenvalue weighted by molar-refractivity contribution is 0.277. The van der Waals surface area contributed by atoms with Crippen LogP contribution in [-0.2, 0) is 6.54 Å². The van der Waals surface area contributed by atoms with Gasteiger partial charge in [0.1, 0.15) is 0 Å². The average molecular weight is 394 g/mol. The van der Waals surface area contributed by atoms with Gasteiger partial charge in [0, 0.05) is 6.54 Å². The van der Waals surface area contributed by atoms with E-state index >= 15 is 0 Å². The number of aromatic nitrogens is 2. The number of fused-ring (bicyclic) bond motifs is 1. The van der Waals surface area contributed by atoms with Crippen LogP contribution in [0.1, 0.15) is 32.8 Å². The Morgan fingerprint density at radius 2 is 1.93 bits per heavy atom.